The summed E-state index contributed by atoms with van der Waals surface area (Å²) in [7, 11) is 1.35. The van der Waals surface area contributed by atoms with E-state index in [1.165, 1.54) is 7.11 Å². The second-order valence-corrected chi connectivity index (χ2v) is 3.50. The maximum absolute atomic E-state index is 10.6. The van der Waals surface area contributed by atoms with E-state index in [1.54, 1.807) is 0 Å². The van der Waals surface area contributed by atoms with Crippen molar-refractivity contribution in [3.63, 3.8) is 0 Å². The number of carbonyl (C=O) groups is 1. The van der Waals surface area contributed by atoms with E-state index in [-0.39, 0.29) is 18.4 Å². The quantitative estimate of drug-likeness (QED) is 0.554. The zero-order valence-electron chi connectivity index (χ0n) is 5.99. The minimum atomic E-state index is -0.403. The van der Waals surface area contributed by atoms with Gasteiger partial charge in [-0.15, -0.1) is 12.4 Å². The van der Waals surface area contributed by atoms with Crippen LogP contribution in [0.2, 0.25) is 11.1 Å². The van der Waals surface area contributed by atoms with E-state index >= 15 is 0 Å². The largest absolute Gasteiger partial charge is 0.147 e. The van der Waals surface area contributed by atoms with Gasteiger partial charge in [0.15, 0.2) is 0 Å². The first-order chi connectivity index (χ1) is 4.22. The molecule has 0 bridgehead atoms. The Hall–Kier alpha value is 0.239. The van der Waals surface area contributed by atoms with Crippen LogP contribution in [0.3, 0.4) is 0 Å². The fraction of sp³-hybridized carbons (Fsp3) is 0.800. The van der Waals surface area contributed by atoms with Crippen LogP contribution in [0.15, 0.2) is 0 Å². The summed E-state index contributed by atoms with van der Waals surface area (Å²) in [5.41, 5.74) is 5.38. The summed E-state index contributed by atoms with van der Waals surface area (Å²) in [5, 5.41) is 0.764. The molecule has 0 saturated carbocycles. The third kappa shape index (κ3) is 5.06. The maximum atomic E-state index is 10.6. The molecule has 0 heterocycles. The van der Waals surface area contributed by atoms with Gasteiger partial charge in [-0.25, -0.2) is 0 Å². The van der Waals surface area contributed by atoms with Crippen LogP contribution in [0.25, 0.3) is 0 Å². The minimum absolute atomic E-state index is 0. The molecule has 1 atom stereocenters. The number of ether oxygens (including phenoxy) is 1. The van der Waals surface area contributed by atoms with Crippen LogP contribution < -0.4 is 5.73 Å². The van der Waals surface area contributed by atoms with E-state index < -0.39 is 6.04 Å². The molecule has 5 heteroatoms. The van der Waals surface area contributed by atoms with Gasteiger partial charge in [-0.3, -0.25) is 0 Å². The van der Waals surface area contributed by atoms with E-state index in [9.17, 15) is 4.79 Å². The third-order valence-corrected chi connectivity index (χ3v) is 2.30. The number of hydrogen-bond donors (Lipinski definition) is 1. The zero-order valence-corrected chi connectivity index (χ0v) is 8.52. The smallest absolute Gasteiger partial charge is 0.147 e. The van der Waals surface area contributed by atoms with Crippen LogP contribution >= 0.6 is 12.4 Å². The van der Waals surface area contributed by atoms with Crippen LogP contribution in [0.1, 0.15) is 0 Å². The van der Waals surface area contributed by atoms with Crippen LogP contribution in [0, 0.1) is 0 Å². The average molecular weight is 233 g/mol. The Kier molecular flexibility index (Phi) is 9.46. The Labute approximate surface area is 73.2 Å². The first-order valence-corrected chi connectivity index (χ1v) is 5.47. The fourth-order valence-electron chi connectivity index (χ4n) is 0.399. The Morgan fingerprint density at radius 3 is 2.60 bits per heavy atom. The summed E-state index contributed by atoms with van der Waals surface area (Å²) in [6, 6.07) is -0.403. The summed E-state index contributed by atoms with van der Waals surface area (Å²) < 4.78 is 4.41. The summed E-state index contributed by atoms with van der Waals surface area (Å²) in [6.07, 6.45) is 0. The van der Waals surface area contributed by atoms with Crippen LogP contribution in [-0.4, -0.2) is 34.1 Å². The molecular weight excluding hydrogens is 220 g/mol. The molecule has 0 fully saturated rings. The molecular formula is C5H12ClNO2Se. The molecule has 2 N–H and O–H groups in total. The molecule has 0 aromatic heterocycles. The number of carbonyl (C=O) groups excluding carboxylic acids is 1. The van der Waals surface area contributed by atoms with Gasteiger partial charge in [0.25, 0.3) is 0 Å². The van der Waals surface area contributed by atoms with Gasteiger partial charge in [-0.05, 0) is 0 Å². The van der Waals surface area contributed by atoms with Gasteiger partial charge in [0.2, 0.25) is 0 Å². The van der Waals surface area contributed by atoms with E-state index in [2.05, 4.69) is 4.74 Å². The first-order valence-electron chi connectivity index (χ1n) is 2.54. The Morgan fingerprint density at radius 1 is 1.80 bits per heavy atom. The summed E-state index contributed by atoms with van der Waals surface area (Å²) in [4.78, 5) is 10.6. The SMILES string of the molecule is COC(=O)[C@@H](N)C[Se]C.Cl. The van der Waals surface area contributed by atoms with Gasteiger partial charge >= 0.3 is 60.5 Å². The summed E-state index contributed by atoms with van der Waals surface area (Å²) >= 11 is 0.452. The number of nitrogens with two attached hydrogens (primary N) is 1. The molecule has 0 aliphatic carbocycles. The van der Waals surface area contributed by atoms with Gasteiger partial charge in [-0.2, -0.15) is 0 Å². The number of methoxy groups -OCH3 is 1. The molecule has 0 amide bonds. The molecule has 0 radical (unpaired) electrons. The molecule has 0 aromatic carbocycles. The average Bonchev–Trinajstić information content (AvgIpc) is 1.87. The Balaban J connectivity index is 0. The summed E-state index contributed by atoms with van der Waals surface area (Å²) in [6.45, 7) is 0. The van der Waals surface area contributed by atoms with Crippen molar-refractivity contribution >= 4 is 33.3 Å². The van der Waals surface area contributed by atoms with E-state index in [0.29, 0.717) is 15.0 Å². The monoisotopic (exact) mass is 233 g/mol. The number of rotatable bonds is 3. The molecule has 0 rings (SSSR count). The third-order valence-electron chi connectivity index (χ3n) is 0.850. The Morgan fingerprint density at radius 2 is 2.30 bits per heavy atom. The van der Waals surface area contributed by atoms with Crippen LogP contribution in [0.5, 0.6) is 0 Å². The molecule has 62 valence electrons. The molecule has 10 heavy (non-hydrogen) atoms. The number of halogens is 1. The molecule has 0 aliphatic rings. The minimum Gasteiger partial charge on any atom is -0.147 e. The van der Waals surface area contributed by atoms with Crippen molar-refractivity contribution in [1.82, 2.24) is 0 Å². The van der Waals surface area contributed by atoms with E-state index in [1.807, 2.05) is 5.82 Å². The van der Waals surface area contributed by atoms with Crippen LogP contribution in [0.4, 0.5) is 0 Å². The topological polar surface area (TPSA) is 52.3 Å². The maximum Gasteiger partial charge on any atom is -0.147 e. The van der Waals surface area contributed by atoms with Crippen LogP contribution in [-0.2, 0) is 9.53 Å². The second kappa shape index (κ2) is 7.35. The molecule has 0 spiro atoms. The molecule has 0 aromatic rings. The number of hydrogen-bond acceptors (Lipinski definition) is 3. The van der Waals surface area contributed by atoms with Gasteiger partial charge in [0, 0.05) is 0 Å². The molecule has 0 unspecified atom stereocenters. The van der Waals surface area contributed by atoms with Crippen molar-refractivity contribution in [2.75, 3.05) is 7.11 Å². The molecule has 0 aliphatic heterocycles. The predicted molar refractivity (Wildman–Crippen MR) is 43.7 cm³/mol. The van der Waals surface area contributed by atoms with Crippen molar-refractivity contribution in [2.45, 2.75) is 17.2 Å². The molecule has 0 saturated heterocycles. The molecule has 3 nitrogen and oxygen atoms in total. The summed E-state index contributed by atoms with van der Waals surface area (Å²) in [5.74, 6) is 1.73. The van der Waals surface area contributed by atoms with Gasteiger partial charge < -0.3 is 0 Å². The van der Waals surface area contributed by atoms with Gasteiger partial charge in [-0.1, -0.05) is 0 Å². The van der Waals surface area contributed by atoms with E-state index in [4.69, 9.17) is 5.73 Å². The Bertz CT molecular complexity index is 102. The van der Waals surface area contributed by atoms with Crippen molar-refractivity contribution < 1.29 is 9.53 Å². The van der Waals surface area contributed by atoms with Gasteiger partial charge in [0.05, 0.1) is 0 Å². The normalized spacial score (nSPS) is 11.5. The predicted octanol–water partition coefficient (Wildman–Crippen LogP) is 0.0791. The number of esters is 1. The standard InChI is InChI=1S/C5H11NO2Se.ClH/c1-8-5(7)4(6)3-9-2;/h4H,3,6H2,1-2H3;1H/t4-;/m0./s1. The van der Waals surface area contributed by atoms with Crippen molar-refractivity contribution in [2.24, 2.45) is 5.73 Å². The second-order valence-electron chi connectivity index (χ2n) is 1.58. The fourth-order valence-corrected chi connectivity index (χ4v) is 1.44. The zero-order chi connectivity index (χ0) is 7.28. The van der Waals surface area contributed by atoms with E-state index in [0.717, 1.165) is 5.32 Å². The van der Waals surface area contributed by atoms with Crippen molar-refractivity contribution in [3.8, 4) is 0 Å². The van der Waals surface area contributed by atoms with Gasteiger partial charge in [0.1, 0.15) is 0 Å². The first kappa shape index (κ1) is 12.9. The van der Waals surface area contributed by atoms with Crippen molar-refractivity contribution in [1.29, 1.82) is 0 Å². The van der Waals surface area contributed by atoms with Crippen molar-refractivity contribution in [3.05, 3.63) is 0 Å².